The highest BCUT2D eigenvalue weighted by Crippen LogP contribution is 2.23. The molecule has 0 saturated carbocycles. The fraction of sp³-hybridized carbons (Fsp3) is 0.444. The van der Waals surface area contributed by atoms with Gasteiger partial charge in [-0.1, -0.05) is 50.3 Å². The van der Waals surface area contributed by atoms with Crippen LogP contribution in [0.25, 0.3) is 0 Å². The molecule has 1 aliphatic heterocycles. The van der Waals surface area contributed by atoms with E-state index >= 15 is 0 Å². The van der Waals surface area contributed by atoms with E-state index in [2.05, 4.69) is 22.4 Å². The molecule has 1 aliphatic rings. The Hall–Kier alpha value is -1.94. The first-order valence-corrected chi connectivity index (χ1v) is 7.93. The zero-order chi connectivity index (χ0) is 15.8. The van der Waals surface area contributed by atoms with E-state index in [-0.39, 0.29) is 5.97 Å². The highest BCUT2D eigenvalue weighted by atomic mass is 16.6. The summed E-state index contributed by atoms with van der Waals surface area (Å²) in [4.78, 5) is 16.2. The molecule has 1 N–H and O–H groups in total. The Balaban J connectivity index is 2.06. The van der Waals surface area contributed by atoms with Crippen LogP contribution in [0.1, 0.15) is 38.7 Å². The Bertz CT molecular complexity index is 551. The maximum atomic E-state index is 11.8. The van der Waals surface area contributed by atoms with E-state index in [1.165, 1.54) is 5.56 Å². The normalized spacial score (nSPS) is 20.5. The monoisotopic (exact) mass is 300 g/mol. The molecular weight excluding hydrogens is 276 g/mol. The van der Waals surface area contributed by atoms with Crippen molar-refractivity contribution >= 4 is 11.7 Å². The van der Waals surface area contributed by atoms with Crippen LogP contribution in [0.5, 0.6) is 0 Å². The maximum absolute atomic E-state index is 11.8. The summed E-state index contributed by atoms with van der Waals surface area (Å²) in [6.45, 7) is 4.57. The first-order chi connectivity index (χ1) is 10.7. The van der Waals surface area contributed by atoms with Crippen LogP contribution in [0.4, 0.5) is 0 Å². The van der Waals surface area contributed by atoms with Crippen LogP contribution in [0.3, 0.4) is 0 Å². The third-order valence-corrected chi connectivity index (χ3v) is 3.79. The second kappa shape index (κ2) is 7.90. The van der Waals surface area contributed by atoms with Gasteiger partial charge in [0.15, 0.2) is 0 Å². The van der Waals surface area contributed by atoms with Crippen molar-refractivity contribution in [2.24, 2.45) is 4.99 Å². The molecule has 0 fully saturated rings. The summed E-state index contributed by atoms with van der Waals surface area (Å²) in [5.74, 6) is -0.205. The fourth-order valence-electron chi connectivity index (χ4n) is 2.59. The number of nitrogens with zero attached hydrogens (tertiary/aromatic N) is 1. The van der Waals surface area contributed by atoms with Gasteiger partial charge in [-0.05, 0) is 18.4 Å². The average molecular weight is 300 g/mol. The van der Waals surface area contributed by atoms with Crippen molar-refractivity contribution in [3.05, 3.63) is 48.2 Å². The van der Waals surface area contributed by atoms with Gasteiger partial charge in [-0.3, -0.25) is 15.1 Å². The Morgan fingerprint density at radius 1 is 1.32 bits per heavy atom. The number of esters is 1. The quantitative estimate of drug-likeness (QED) is 0.621. The highest BCUT2D eigenvalue weighted by molar-refractivity contribution is 5.95. The van der Waals surface area contributed by atoms with E-state index in [9.17, 15) is 4.79 Å². The van der Waals surface area contributed by atoms with Crippen LogP contribution in [-0.4, -0.2) is 24.0 Å². The molecule has 0 spiro atoms. The summed E-state index contributed by atoms with van der Waals surface area (Å²) >= 11 is 0. The van der Waals surface area contributed by atoms with Crippen molar-refractivity contribution in [2.45, 2.75) is 45.3 Å². The maximum Gasteiger partial charge on any atom is 0.307 e. The molecule has 1 aromatic carbocycles. The van der Waals surface area contributed by atoms with Crippen LogP contribution >= 0.6 is 0 Å². The molecule has 4 nitrogen and oxygen atoms in total. The largest absolute Gasteiger partial charge is 0.438 e. The van der Waals surface area contributed by atoms with Gasteiger partial charge < -0.3 is 4.74 Å². The van der Waals surface area contributed by atoms with Crippen molar-refractivity contribution < 1.29 is 9.53 Å². The molecule has 2 rings (SSSR count). The smallest absolute Gasteiger partial charge is 0.307 e. The van der Waals surface area contributed by atoms with Gasteiger partial charge in [-0.15, -0.1) is 0 Å². The third kappa shape index (κ3) is 4.04. The van der Waals surface area contributed by atoms with E-state index in [0.29, 0.717) is 12.8 Å². The van der Waals surface area contributed by atoms with Gasteiger partial charge in [0.05, 0.1) is 5.71 Å². The van der Waals surface area contributed by atoms with Gasteiger partial charge in [-0.2, -0.15) is 0 Å². The molecule has 0 aromatic heterocycles. The molecule has 0 aliphatic carbocycles. The second-order valence-electron chi connectivity index (χ2n) is 5.34. The number of carbonyl (C=O) groups excluding carboxylic acids is 1. The van der Waals surface area contributed by atoms with Crippen molar-refractivity contribution in [1.82, 2.24) is 5.32 Å². The van der Waals surface area contributed by atoms with Crippen molar-refractivity contribution in [2.75, 3.05) is 6.54 Å². The Labute approximate surface area is 132 Å². The Morgan fingerprint density at radius 2 is 2.09 bits per heavy atom. The number of carbonyl (C=O) groups is 1. The summed E-state index contributed by atoms with van der Waals surface area (Å²) in [5, 5.41) is 3.42. The summed E-state index contributed by atoms with van der Waals surface area (Å²) in [6.07, 6.45) is 6.35. The van der Waals surface area contributed by atoms with Gasteiger partial charge in [-0.25, -0.2) is 0 Å². The molecule has 4 heteroatoms. The van der Waals surface area contributed by atoms with Gasteiger partial charge >= 0.3 is 5.97 Å². The SMILES string of the molecule is CCC(=O)O[C@]1(NCCc2ccccc2)CC=CN=C1CC. The van der Waals surface area contributed by atoms with E-state index in [1.807, 2.05) is 31.2 Å². The standard InChI is InChI=1S/C18H24N2O2/c1-3-16-18(12-8-13-19-16,22-17(21)4-2)20-14-11-15-9-6-5-7-10-15/h5-10,13,20H,3-4,11-12,14H2,1-2H3/t18-/m1/s1. The van der Waals surface area contributed by atoms with Gasteiger partial charge in [0.25, 0.3) is 0 Å². The number of nitrogens with one attached hydrogen (secondary N) is 1. The average Bonchev–Trinajstić information content (AvgIpc) is 2.56. The summed E-state index contributed by atoms with van der Waals surface area (Å²) in [6, 6.07) is 10.3. The number of hydrogen-bond donors (Lipinski definition) is 1. The molecule has 0 bridgehead atoms. The van der Waals surface area contributed by atoms with Crippen LogP contribution in [-0.2, 0) is 16.0 Å². The molecule has 118 valence electrons. The van der Waals surface area contributed by atoms with E-state index < -0.39 is 5.72 Å². The molecule has 0 unspecified atom stereocenters. The van der Waals surface area contributed by atoms with Gasteiger partial charge in [0, 0.05) is 25.6 Å². The van der Waals surface area contributed by atoms with Crippen LogP contribution in [0, 0.1) is 0 Å². The van der Waals surface area contributed by atoms with Gasteiger partial charge in [0.2, 0.25) is 5.72 Å². The number of rotatable bonds is 7. The second-order valence-corrected chi connectivity index (χ2v) is 5.34. The molecular formula is C18H24N2O2. The zero-order valence-electron chi connectivity index (χ0n) is 13.3. The Morgan fingerprint density at radius 3 is 2.77 bits per heavy atom. The first-order valence-electron chi connectivity index (χ1n) is 7.93. The minimum absolute atomic E-state index is 0.205. The lowest BCUT2D eigenvalue weighted by atomic mass is 9.98. The molecule has 0 saturated heterocycles. The van der Waals surface area contributed by atoms with Crippen molar-refractivity contribution in [3.63, 3.8) is 0 Å². The molecule has 0 radical (unpaired) electrons. The zero-order valence-corrected chi connectivity index (χ0v) is 13.3. The summed E-state index contributed by atoms with van der Waals surface area (Å²) in [7, 11) is 0. The topological polar surface area (TPSA) is 50.7 Å². The van der Waals surface area contributed by atoms with Crippen LogP contribution in [0.15, 0.2) is 47.6 Å². The van der Waals surface area contributed by atoms with Crippen LogP contribution < -0.4 is 5.32 Å². The van der Waals surface area contributed by atoms with E-state index in [4.69, 9.17) is 4.74 Å². The van der Waals surface area contributed by atoms with E-state index in [0.717, 1.165) is 25.1 Å². The lowest BCUT2D eigenvalue weighted by Gasteiger charge is -2.36. The number of benzene rings is 1. The third-order valence-electron chi connectivity index (χ3n) is 3.79. The lowest BCUT2D eigenvalue weighted by Crippen LogP contribution is -2.56. The van der Waals surface area contributed by atoms with Crippen molar-refractivity contribution in [3.8, 4) is 0 Å². The number of ether oxygens (including phenoxy) is 1. The first kappa shape index (κ1) is 16.4. The van der Waals surface area contributed by atoms with Crippen LogP contribution in [0.2, 0.25) is 0 Å². The predicted octanol–water partition coefficient (Wildman–Crippen LogP) is 3.24. The molecule has 0 amide bonds. The Kier molecular flexibility index (Phi) is 5.90. The highest BCUT2D eigenvalue weighted by Gasteiger charge is 2.38. The number of aliphatic imine (C=N–C) groups is 1. The lowest BCUT2D eigenvalue weighted by molar-refractivity contribution is -0.155. The summed E-state index contributed by atoms with van der Waals surface area (Å²) < 4.78 is 5.74. The molecule has 22 heavy (non-hydrogen) atoms. The minimum atomic E-state index is -0.786. The minimum Gasteiger partial charge on any atom is -0.438 e. The van der Waals surface area contributed by atoms with Gasteiger partial charge in [0.1, 0.15) is 0 Å². The molecule has 1 heterocycles. The summed E-state index contributed by atoms with van der Waals surface area (Å²) in [5.41, 5.74) is 1.35. The van der Waals surface area contributed by atoms with E-state index in [1.54, 1.807) is 13.1 Å². The molecule has 1 atom stereocenters. The number of hydrogen-bond acceptors (Lipinski definition) is 4. The van der Waals surface area contributed by atoms with Crippen molar-refractivity contribution in [1.29, 1.82) is 0 Å². The predicted molar refractivity (Wildman–Crippen MR) is 88.7 cm³/mol. The fourth-order valence-corrected chi connectivity index (χ4v) is 2.59. The molecule has 1 aromatic rings.